The molecule has 4 heterocycles. The summed E-state index contributed by atoms with van der Waals surface area (Å²) < 4.78 is 16.0. The van der Waals surface area contributed by atoms with Crippen LogP contribution in [0.5, 0.6) is 0 Å². The highest BCUT2D eigenvalue weighted by Gasteiger charge is 2.35. The zero-order chi connectivity index (χ0) is 31.1. The van der Waals surface area contributed by atoms with Gasteiger partial charge in [-0.15, -0.1) is 0 Å². The Morgan fingerprint density at radius 1 is 0.822 bits per heavy atom. The van der Waals surface area contributed by atoms with Gasteiger partial charge >= 0.3 is 0 Å². The van der Waals surface area contributed by atoms with Crippen molar-refractivity contribution in [1.29, 1.82) is 0 Å². The Bertz CT molecular complexity index is 1820. The van der Waals surface area contributed by atoms with Crippen LogP contribution in [0.3, 0.4) is 0 Å². The molecule has 45 heavy (non-hydrogen) atoms. The molecule has 0 aliphatic carbocycles. The van der Waals surface area contributed by atoms with Crippen LogP contribution in [-0.2, 0) is 6.54 Å². The van der Waals surface area contributed by atoms with Gasteiger partial charge in [-0.1, -0.05) is 18.2 Å². The van der Waals surface area contributed by atoms with E-state index in [1.54, 1.807) is 30.3 Å². The van der Waals surface area contributed by atoms with Crippen LogP contribution >= 0.6 is 15.9 Å². The van der Waals surface area contributed by atoms with Crippen molar-refractivity contribution in [1.82, 2.24) is 9.47 Å². The molecule has 2 atom stereocenters. The Balaban J connectivity index is 1.15. The predicted octanol–water partition coefficient (Wildman–Crippen LogP) is 5.59. The van der Waals surface area contributed by atoms with Crippen molar-refractivity contribution < 1.29 is 14.0 Å². The summed E-state index contributed by atoms with van der Waals surface area (Å²) >= 11 is 3.49. The molecule has 0 radical (unpaired) electrons. The standard InChI is InChI=1S/C35H33BrFN5O3/c36-29-5-2-1-4-28(29)34(44)38-30-19-24(35(45)40-16-14-39(15-17-40)27-11-9-26(37)10-12-27)8-13-32(30)41-20-23-18-25(22-41)31-6-3-7-33(43)42(31)21-23/h1-13,19,23,25H,14-18,20-22H2,(H,38,44)/t23-,25+/m1/s1. The maximum Gasteiger partial charge on any atom is 0.256 e. The monoisotopic (exact) mass is 669 g/mol. The second-order valence-electron chi connectivity index (χ2n) is 12.0. The Morgan fingerprint density at radius 2 is 1.60 bits per heavy atom. The molecule has 2 saturated heterocycles. The number of nitrogens with one attached hydrogen (secondary N) is 1. The number of hydrogen-bond acceptors (Lipinski definition) is 5. The average Bonchev–Trinajstić information content (AvgIpc) is 3.05. The lowest BCUT2D eigenvalue weighted by atomic mass is 9.83. The number of carbonyl (C=O) groups is 2. The van der Waals surface area contributed by atoms with Crippen molar-refractivity contribution in [3.8, 4) is 0 Å². The number of piperazine rings is 1. The SMILES string of the molecule is O=C(Nc1cc(C(=O)N2CCN(c3ccc(F)cc3)CC2)ccc1N1C[C@H]2C[C@@H](C1)c1cccc(=O)n1C2)c1ccccc1Br. The number of nitrogens with zero attached hydrogens (tertiary/aromatic N) is 4. The van der Waals surface area contributed by atoms with Gasteiger partial charge in [-0.2, -0.15) is 0 Å². The molecule has 0 unspecified atom stereocenters. The minimum atomic E-state index is -0.272. The van der Waals surface area contributed by atoms with Crippen LogP contribution in [0.15, 0.2) is 94.2 Å². The Morgan fingerprint density at radius 3 is 2.38 bits per heavy atom. The largest absolute Gasteiger partial charge is 0.369 e. The van der Waals surface area contributed by atoms with Crippen LogP contribution in [0.4, 0.5) is 21.5 Å². The van der Waals surface area contributed by atoms with Gasteiger partial charge in [0.25, 0.3) is 17.4 Å². The Labute approximate surface area is 269 Å². The van der Waals surface area contributed by atoms with Crippen molar-refractivity contribution in [2.75, 3.05) is 54.4 Å². The molecule has 2 fully saturated rings. The lowest BCUT2D eigenvalue weighted by Crippen LogP contribution is -2.49. The van der Waals surface area contributed by atoms with Gasteiger partial charge in [0.05, 0.1) is 16.9 Å². The van der Waals surface area contributed by atoms with E-state index in [1.807, 2.05) is 51.9 Å². The summed E-state index contributed by atoms with van der Waals surface area (Å²) in [4.78, 5) is 46.1. The fraction of sp³-hybridized carbons (Fsp3) is 0.286. The Hall–Kier alpha value is -4.44. The summed E-state index contributed by atoms with van der Waals surface area (Å²) in [6.45, 7) is 4.46. The number of rotatable bonds is 5. The van der Waals surface area contributed by atoms with Gasteiger partial charge in [0, 0.05) is 79.2 Å². The number of carbonyl (C=O) groups excluding carboxylic acids is 2. The second kappa shape index (κ2) is 12.2. The molecule has 3 aliphatic rings. The van der Waals surface area contributed by atoms with Gasteiger partial charge in [-0.25, -0.2) is 4.39 Å². The van der Waals surface area contributed by atoms with Crippen molar-refractivity contribution in [2.45, 2.75) is 18.9 Å². The number of aromatic nitrogens is 1. The summed E-state index contributed by atoms with van der Waals surface area (Å²) in [6, 6.07) is 24.8. The normalized spacial score (nSPS) is 19.2. The smallest absolute Gasteiger partial charge is 0.256 e. The average molecular weight is 671 g/mol. The summed E-state index contributed by atoms with van der Waals surface area (Å²) in [7, 11) is 0. The zero-order valence-electron chi connectivity index (χ0n) is 24.7. The van der Waals surface area contributed by atoms with E-state index in [2.05, 4.69) is 31.0 Å². The molecule has 4 aromatic rings. The molecule has 0 saturated carbocycles. The maximum absolute atomic E-state index is 13.8. The van der Waals surface area contributed by atoms with Crippen molar-refractivity contribution in [3.63, 3.8) is 0 Å². The molecule has 10 heteroatoms. The first-order valence-corrected chi connectivity index (χ1v) is 16.1. The fourth-order valence-electron chi connectivity index (χ4n) is 6.98. The third kappa shape index (κ3) is 5.86. The number of anilines is 3. The fourth-order valence-corrected chi connectivity index (χ4v) is 7.44. The number of piperidine rings is 1. The predicted molar refractivity (Wildman–Crippen MR) is 177 cm³/mol. The third-order valence-corrected chi connectivity index (χ3v) is 9.88. The highest BCUT2D eigenvalue weighted by molar-refractivity contribution is 9.10. The quantitative estimate of drug-likeness (QED) is 0.300. The van der Waals surface area contributed by atoms with Crippen molar-refractivity contribution in [3.05, 3.63) is 122 Å². The molecule has 7 rings (SSSR count). The molecule has 1 aromatic heterocycles. The number of halogens is 2. The van der Waals surface area contributed by atoms with E-state index >= 15 is 0 Å². The van der Waals surface area contributed by atoms with E-state index in [9.17, 15) is 18.8 Å². The molecule has 2 bridgehead atoms. The molecule has 230 valence electrons. The van der Waals surface area contributed by atoms with Crippen LogP contribution in [0.2, 0.25) is 0 Å². The van der Waals surface area contributed by atoms with Crippen molar-refractivity contribution in [2.24, 2.45) is 5.92 Å². The number of amides is 2. The molecule has 8 nitrogen and oxygen atoms in total. The van der Waals surface area contributed by atoms with E-state index in [0.717, 1.165) is 30.0 Å². The molecule has 0 spiro atoms. The van der Waals surface area contributed by atoms with Crippen LogP contribution in [-0.4, -0.2) is 60.5 Å². The van der Waals surface area contributed by atoms with Crippen LogP contribution in [0.1, 0.15) is 38.7 Å². The van der Waals surface area contributed by atoms with E-state index in [4.69, 9.17) is 0 Å². The molecular weight excluding hydrogens is 637 g/mol. The maximum atomic E-state index is 13.8. The molecule has 2 amide bonds. The van der Waals surface area contributed by atoms with Crippen molar-refractivity contribution >= 4 is 44.8 Å². The first-order valence-electron chi connectivity index (χ1n) is 15.3. The Kier molecular flexibility index (Phi) is 7.91. The van der Waals surface area contributed by atoms with Crippen LogP contribution < -0.4 is 20.7 Å². The van der Waals surface area contributed by atoms with Gasteiger partial charge in [0.2, 0.25) is 0 Å². The minimum absolute atomic E-state index is 0.0402. The molecule has 3 aliphatic heterocycles. The van der Waals surface area contributed by atoms with Gasteiger partial charge in [-0.3, -0.25) is 14.4 Å². The molecular formula is C35H33BrFN5O3. The first-order chi connectivity index (χ1) is 21.8. The number of hydrogen-bond donors (Lipinski definition) is 1. The van der Waals surface area contributed by atoms with E-state index in [0.29, 0.717) is 66.5 Å². The summed E-state index contributed by atoms with van der Waals surface area (Å²) in [5, 5.41) is 3.11. The minimum Gasteiger partial charge on any atom is -0.369 e. The van der Waals surface area contributed by atoms with Gasteiger partial charge in [0.15, 0.2) is 0 Å². The van der Waals surface area contributed by atoms with Gasteiger partial charge in [0.1, 0.15) is 5.82 Å². The summed E-state index contributed by atoms with van der Waals surface area (Å²) in [5.41, 5.74) is 4.47. The molecule has 3 aromatic carbocycles. The van der Waals surface area contributed by atoms with Crippen LogP contribution in [0, 0.1) is 11.7 Å². The van der Waals surface area contributed by atoms with E-state index < -0.39 is 0 Å². The zero-order valence-corrected chi connectivity index (χ0v) is 26.2. The topological polar surface area (TPSA) is 77.9 Å². The number of pyridine rings is 1. The summed E-state index contributed by atoms with van der Waals surface area (Å²) in [5.74, 6) is -0.152. The number of benzene rings is 3. The lowest BCUT2D eigenvalue weighted by molar-refractivity contribution is 0.0746. The van der Waals surface area contributed by atoms with Gasteiger partial charge in [-0.05, 0) is 88.9 Å². The first kappa shape index (κ1) is 29.3. The highest BCUT2D eigenvalue weighted by atomic mass is 79.9. The highest BCUT2D eigenvalue weighted by Crippen LogP contribution is 2.39. The molecule has 1 N–H and O–H groups in total. The van der Waals surface area contributed by atoms with Gasteiger partial charge < -0.3 is 24.6 Å². The summed E-state index contributed by atoms with van der Waals surface area (Å²) in [6.07, 6.45) is 1.01. The third-order valence-electron chi connectivity index (χ3n) is 9.19. The van der Waals surface area contributed by atoms with E-state index in [-0.39, 0.29) is 29.1 Å². The second-order valence-corrected chi connectivity index (χ2v) is 12.9. The number of fused-ring (bicyclic) bond motifs is 4. The lowest BCUT2D eigenvalue weighted by Gasteiger charge is -2.44. The van der Waals surface area contributed by atoms with Crippen LogP contribution in [0.25, 0.3) is 0 Å². The van der Waals surface area contributed by atoms with E-state index in [1.165, 1.54) is 12.1 Å².